The van der Waals surface area contributed by atoms with Gasteiger partial charge in [0.1, 0.15) is 5.75 Å². The van der Waals surface area contributed by atoms with Crippen molar-refractivity contribution in [3.05, 3.63) is 59.7 Å². The summed E-state index contributed by atoms with van der Waals surface area (Å²) in [6.45, 7) is 5.09. The Hall–Kier alpha value is -2.22. The third-order valence-corrected chi connectivity index (χ3v) is 7.75. The second-order valence-corrected chi connectivity index (χ2v) is 10.5. The van der Waals surface area contributed by atoms with E-state index < -0.39 is 10.0 Å². The Bertz CT molecular complexity index is 1010. The standard InChI is InChI=1S/C25H32N2O4S/c1-2-19-4-12-24(13-5-19)32(29,30)26-22-14-16-27(18-22)15-3-17-31-23-10-8-21(9-11-23)25(28)20-6-7-20/h4-5,8-13,20,22,26H,2-3,6-7,14-18H2,1H3/t22-/m0/s1. The molecule has 172 valence electrons. The maximum atomic E-state index is 12.6. The zero-order valence-electron chi connectivity index (χ0n) is 18.6. The molecule has 7 heteroatoms. The van der Waals surface area contributed by atoms with Crippen molar-refractivity contribution in [1.82, 2.24) is 9.62 Å². The monoisotopic (exact) mass is 456 g/mol. The summed E-state index contributed by atoms with van der Waals surface area (Å²) < 4.78 is 34.0. The van der Waals surface area contributed by atoms with Crippen LogP contribution in [-0.4, -0.2) is 51.4 Å². The minimum atomic E-state index is -3.49. The van der Waals surface area contributed by atoms with E-state index >= 15 is 0 Å². The molecule has 0 radical (unpaired) electrons. The molecule has 0 unspecified atom stereocenters. The number of nitrogens with one attached hydrogen (secondary N) is 1. The number of benzene rings is 2. The van der Waals surface area contributed by atoms with Gasteiger partial charge in [-0.05, 0) is 80.6 Å². The molecule has 1 aliphatic heterocycles. The molecule has 0 spiro atoms. The number of likely N-dealkylation sites (tertiary alicyclic amines) is 1. The number of nitrogens with zero attached hydrogens (tertiary/aromatic N) is 1. The number of hydrogen-bond donors (Lipinski definition) is 1. The lowest BCUT2D eigenvalue weighted by Crippen LogP contribution is -2.37. The van der Waals surface area contributed by atoms with E-state index in [0.29, 0.717) is 18.0 Å². The van der Waals surface area contributed by atoms with E-state index in [2.05, 4.69) is 9.62 Å². The van der Waals surface area contributed by atoms with E-state index in [-0.39, 0.29) is 17.7 Å². The second kappa shape index (κ2) is 10.1. The maximum absolute atomic E-state index is 12.6. The van der Waals surface area contributed by atoms with Crippen LogP contribution < -0.4 is 9.46 Å². The van der Waals surface area contributed by atoms with Gasteiger partial charge in [0.05, 0.1) is 11.5 Å². The Morgan fingerprint density at radius 1 is 1.06 bits per heavy atom. The lowest BCUT2D eigenvalue weighted by atomic mass is 10.1. The fraction of sp³-hybridized carbons (Fsp3) is 0.480. The molecule has 2 aromatic rings. The summed E-state index contributed by atoms with van der Waals surface area (Å²) in [4.78, 5) is 14.7. The number of carbonyl (C=O) groups excluding carboxylic acids is 1. The zero-order valence-corrected chi connectivity index (χ0v) is 19.4. The number of sulfonamides is 1. The number of aryl methyl sites for hydroxylation is 1. The molecule has 32 heavy (non-hydrogen) atoms. The highest BCUT2D eigenvalue weighted by molar-refractivity contribution is 7.89. The molecule has 2 fully saturated rings. The molecule has 0 bridgehead atoms. The largest absolute Gasteiger partial charge is 0.494 e. The molecular weight excluding hydrogens is 424 g/mol. The average Bonchev–Trinajstić information content (AvgIpc) is 3.57. The van der Waals surface area contributed by atoms with Gasteiger partial charge in [-0.1, -0.05) is 19.1 Å². The van der Waals surface area contributed by atoms with Gasteiger partial charge in [0, 0.05) is 30.6 Å². The van der Waals surface area contributed by atoms with E-state index in [1.165, 1.54) is 0 Å². The van der Waals surface area contributed by atoms with Gasteiger partial charge in [-0.2, -0.15) is 0 Å². The third kappa shape index (κ3) is 5.97. The van der Waals surface area contributed by atoms with Crippen molar-refractivity contribution in [3.63, 3.8) is 0 Å². The highest BCUT2D eigenvalue weighted by Gasteiger charge is 2.30. The van der Waals surface area contributed by atoms with Gasteiger partial charge in [0.25, 0.3) is 0 Å². The van der Waals surface area contributed by atoms with Crippen molar-refractivity contribution in [3.8, 4) is 5.75 Å². The van der Waals surface area contributed by atoms with Crippen molar-refractivity contribution < 1.29 is 17.9 Å². The first kappa shape index (κ1) is 23.0. The molecule has 1 N–H and O–H groups in total. The summed E-state index contributed by atoms with van der Waals surface area (Å²) in [6, 6.07) is 14.5. The van der Waals surface area contributed by atoms with Crippen molar-refractivity contribution in [2.24, 2.45) is 5.92 Å². The van der Waals surface area contributed by atoms with Crippen LogP contribution in [0.4, 0.5) is 0 Å². The Labute approximate surface area is 191 Å². The van der Waals surface area contributed by atoms with E-state index in [1.54, 1.807) is 12.1 Å². The summed E-state index contributed by atoms with van der Waals surface area (Å²) in [7, 11) is -3.49. The lowest BCUT2D eigenvalue weighted by Gasteiger charge is -2.17. The predicted octanol–water partition coefficient (Wildman–Crippen LogP) is 3.66. The summed E-state index contributed by atoms with van der Waals surface area (Å²) >= 11 is 0. The van der Waals surface area contributed by atoms with Crippen LogP contribution in [0.25, 0.3) is 0 Å². The minimum Gasteiger partial charge on any atom is -0.494 e. The molecule has 6 nitrogen and oxygen atoms in total. The molecule has 1 saturated carbocycles. The SMILES string of the molecule is CCc1ccc(S(=O)(=O)N[C@H]2CCN(CCCOc3ccc(C(=O)C4CC4)cc3)C2)cc1. The quantitative estimate of drug-likeness (QED) is 0.413. The van der Waals surface area contributed by atoms with Crippen LogP contribution in [-0.2, 0) is 16.4 Å². The predicted molar refractivity (Wildman–Crippen MR) is 125 cm³/mol. The number of ether oxygens (including phenoxy) is 1. The molecule has 4 rings (SSSR count). The topological polar surface area (TPSA) is 75.7 Å². The first-order valence-electron chi connectivity index (χ1n) is 11.6. The molecular formula is C25H32N2O4S. The molecule has 1 heterocycles. The summed E-state index contributed by atoms with van der Waals surface area (Å²) in [6.07, 6.45) is 4.59. The number of hydrogen-bond acceptors (Lipinski definition) is 5. The highest BCUT2D eigenvalue weighted by atomic mass is 32.2. The molecule has 1 atom stereocenters. The fourth-order valence-corrected chi connectivity index (χ4v) is 5.36. The van der Waals surface area contributed by atoms with Gasteiger partial charge in [-0.3, -0.25) is 4.79 Å². The van der Waals surface area contributed by atoms with Crippen molar-refractivity contribution in [2.45, 2.75) is 50.0 Å². The average molecular weight is 457 g/mol. The summed E-state index contributed by atoms with van der Waals surface area (Å²) in [5.41, 5.74) is 1.90. The smallest absolute Gasteiger partial charge is 0.240 e. The number of ketones is 1. The molecule has 0 aromatic heterocycles. The Morgan fingerprint density at radius 2 is 1.78 bits per heavy atom. The number of carbonyl (C=O) groups is 1. The summed E-state index contributed by atoms with van der Waals surface area (Å²) in [5.74, 6) is 1.25. The highest BCUT2D eigenvalue weighted by Crippen LogP contribution is 2.32. The van der Waals surface area contributed by atoms with E-state index in [4.69, 9.17) is 4.74 Å². The van der Waals surface area contributed by atoms with Crippen LogP contribution in [0.5, 0.6) is 5.75 Å². The van der Waals surface area contributed by atoms with Crippen LogP contribution in [0, 0.1) is 5.92 Å². The van der Waals surface area contributed by atoms with Crippen molar-refractivity contribution in [2.75, 3.05) is 26.2 Å². The van der Waals surface area contributed by atoms with Gasteiger partial charge in [0.15, 0.2) is 5.78 Å². The molecule has 1 aliphatic carbocycles. The van der Waals surface area contributed by atoms with Crippen LogP contribution in [0.2, 0.25) is 0 Å². The number of rotatable bonds is 11. The second-order valence-electron chi connectivity index (χ2n) is 8.77. The molecule has 2 aromatic carbocycles. The Morgan fingerprint density at radius 3 is 2.44 bits per heavy atom. The minimum absolute atomic E-state index is 0.0664. The van der Waals surface area contributed by atoms with Crippen LogP contribution in [0.1, 0.15) is 48.5 Å². The Balaban J connectivity index is 1.17. The van der Waals surface area contributed by atoms with Crippen LogP contribution in [0.15, 0.2) is 53.4 Å². The molecule has 0 amide bonds. The van der Waals surface area contributed by atoms with Crippen molar-refractivity contribution >= 4 is 15.8 Å². The van der Waals surface area contributed by atoms with Gasteiger partial charge in [0.2, 0.25) is 10.0 Å². The van der Waals surface area contributed by atoms with E-state index in [1.807, 2.05) is 43.3 Å². The first-order chi connectivity index (χ1) is 15.4. The van der Waals surface area contributed by atoms with Crippen LogP contribution in [0.3, 0.4) is 0 Å². The van der Waals surface area contributed by atoms with E-state index in [9.17, 15) is 13.2 Å². The zero-order chi connectivity index (χ0) is 22.6. The molecule has 2 aliphatic rings. The molecule has 1 saturated heterocycles. The van der Waals surface area contributed by atoms with Crippen molar-refractivity contribution in [1.29, 1.82) is 0 Å². The normalized spacial score (nSPS) is 19.2. The van der Waals surface area contributed by atoms with E-state index in [0.717, 1.165) is 62.1 Å². The maximum Gasteiger partial charge on any atom is 0.240 e. The van der Waals surface area contributed by atoms with Gasteiger partial charge >= 0.3 is 0 Å². The fourth-order valence-electron chi connectivity index (χ4n) is 4.10. The van der Waals surface area contributed by atoms with Gasteiger partial charge in [-0.25, -0.2) is 13.1 Å². The number of Topliss-reactive ketones (excluding diaryl/α,β-unsaturated/α-hetero) is 1. The van der Waals surface area contributed by atoms with Gasteiger partial charge < -0.3 is 9.64 Å². The lowest BCUT2D eigenvalue weighted by molar-refractivity contribution is 0.0967. The van der Waals surface area contributed by atoms with Gasteiger partial charge in [-0.15, -0.1) is 0 Å². The van der Waals surface area contributed by atoms with Crippen LogP contribution >= 0.6 is 0 Å². The summed E-state index contributed by atoms with van der Waals surface area (Å²) in [5, 5.41) is 0. The Kier molecular flexibility index (Phi) is 7.28. The third-order valence-electron chi connectivity index (χ3n) is 6.21. The first-order valence-corrected chi connectivity index (χ1v) is 13.0.